The molecule has 0 aliphatic carbocycles. The molecule has 1 heterocycles. The number of nitrogens with zero attached hydrogens (tertiary/aromatic N) is 2. The highest BCUT2D eigenvalue weighted by Crippen LogP contribution is 2.21. The first kappa shape index (κ1) is 15.5. The fraction of sp³-hybridized carbons (Fsp3) is 0.222. The van der Waals surface area contributed by atoms with Gasteiger partial charge in [0.2, 0.25) is 0 Å². The number of aromatic nitrogens is 1. The largest absolute Gasteiger partial charge is 0.372 e. The molecule has 2 aromatic carbocycles. The number of carbonyl (C=O) groups is 1. The summed E-state index contributed by atoms with van der Waals surface area (Å²) in [7, 11) is 0. The highest BCUT2D eigenvalue weighted by molar-refractivity contribution is 7.16. The van der Waals surface area contributed by atoms with Gasteiger partial charge in [-0.25, -0.2) is 4.98 Å². The summed E-state index contributed by atoms with van der Waals surface area (Å²) in [5.74, 6) is -0.101. The Hall–Kier alpha value is -2.40. The van der Waals surface area contributed by atoms with Crippen molar-refractivity contribution in [2.45, 2.75) is 13.8 Å². The Morgan fingerprint density at radius 3 is 2.57 bits per heavy atom. The molecule has 0 aliphatic heterocycles. The lowest BCUT2D eigenvalue weighted by Crippen LogP contribution is -2.21. The Bertz CT molecular complexity index is 807. The van der Waals surface area contributed by atoms with E-state index in [0.29, 0.717) is 5.56 Å². The lowest BCUT2D eigenvalue weighted by molar-refractivity contribution is 0.102. The topological polar surface area (TPSA) is 45.2 Å². The maximum atomic E-state index is 12.4. The Balaban J connectivity index is 1.74. The molecule has 23 heavy (non-hydrogen) atoms. The standard InChI is InChI=1S/C18H19N3OS/c1-3-21(4-2)15-8-6-14(7-9-15)20-18(22)13-5-10-16-17(11-13)23-12-19-16/h5-12H,3-4H2,1-2H3,(H,20,22). The summed E-state index contributed by atoms with van der Waals surface area (Å²) < 4.78 is 1.02. The fourth-order valence-corrected chi connectivity index (χ4v) is 3.26. The molecular weight excluding hydrogens is 306 g/mol. The van der Waals surface area contributed by atoms with Crippen LogP contribution in [0.15, 0.2) is 48.0 Å². The van der Waals surface area contributed by atoms with E-state index >= 15 is 0 Å². The molecule has 0 fully saturated rings. The van der Waals surface area contributed by atoms with Crippen LogP contribution in [0.3, 0.4) is 0 Å². The molecule has 3 aromatic rings. The third-order valence-corrected chi connectivity index (χ3v) is 4.64. The predicted molar refractivity (Wildman–Crippen MR) is 97.6 cm³/mol. The Labute approximate surface area is 139 Å². The van der Waals surface area contributed by atoms with Crippen LogP contribution in [0.4, 0.5) is 11.4 Å². The first-order valence-electron chi connectivity index (χ1n) is 7.71. The van der Waals surface area contributed by atoms with Gasteiger partial charge >= 0.3 is 0 Å². The summed E-state index contributed by atoms with van der Waals surface area (Å²) >= 11 is 1.54. The van der Waals surface area contributed by atoms with E-state index in [9.17, 15) is 4.79 Å². The summed E-state index contributed by atoms with van der Waals surface area (Å²) in [5.41, 5.74) is 5.33. The number of thiazole rings is 1. The number of anilines is 2. The summed E-state index contributed by atoms with van der Waals surface area (Å²) in [6.45, 7) is 6.21. The highest BCUT2D eigenvalue weighted by atomic mass is 32.1. The minimum atomic E-state index is -0.101. The molecule has 0 spiro atoms. The molecule has 4 nitrogen and oxygen atoms in total. The second kappa shape index (κ2) is 6.79. The van der Waals surface area contributed by atoms with Crippen molar-refractivity contribution in [2.24, 2.45) is 0 Å². The highest BCUT2D eigenvalue weighted by Gasteiger charge is 2.08. The minimum Gasteiger partial charge on any atom is -0.372 e. The molecule has 0 unspecified atom stereocenters. The van der Waals surface area contributed by atoms with E-state index in [1.807, 2.05) is 42.5 Å². The van der Waals surface area contributed by atoms with E-state index in [1.54, 1.807) is 5.51 Å². The summed E-state index contributed by atoms with van der Waals surface area (Å²) in [5, 5.41) is 2.94. The van der Waals surface area contributed by atoms with E-state index < -0.39 is 0 Å². The lowest BCUT2D eigenvalue weighted by Gasteiger charge is -2.21. The van der Waals surface area contributed by atoms with Crippen molar-refractivity contribution in [1.82, 2.24) is 4.98 Å². The second-order valence-corrected chi connectivity index (χ2v) is 6.09. The van der Waals surface area contributed by atoms with E-state index in [1.165, 1.54) is 17.0 Å². The number of nitrogens with one attached hydrogen (secondary N) is 1. The maximum absolute atomic E-state index is 12.4. The molecule has 1 N–H and O–H groups in total. The van der Waals surface area contributed by atoms with Gasteiger partial charge in [0.15, 0.2) is 0 Å². The molecule has 1 aromatic heterocycles. The number of amides is 1. The van der Waals surface area contributed by atoms with Crippen LogP contribution in [0.25, 0.3) is 10.2 Å². The maximum Gasteiger partial charge on any atom is 0.255 e. The molecule has 0 saturated carbocycles. The van der Waals surface area contributed by atoms with Gasteiger partial charge < -0.3 is 10.2 Å². The molecule has 1 amide bonds. The SMILES string of the molecule is CCN(CC)c1ccc(NC(=O)c2ccc3ncsc3c2)cc1. The first-order chi connectivity index (χ1) is 11.2. The van der Waals surface area contributed by atoms with Gasteiger partial charge in [-0.15, -0.1) is 11.3 Å². The van der Waals surface area contributed by atoms with Crippen molar-refractivity contribution in [3.05, 3.63) is 53.5 Å². The van der Waals surface area contributed by atoms with Crippen molar-refractivity contribution in [3.8, 4) is 0 Å². The Kier molecular flexibility index (Phi) is 4.57. The zero-order chi connectivity index (χ0) is 16.2. The molecule has 3 rings (SSSR count). The molecule has 0 saturated heterocycles. The van der Waals surface area contributed by atoms with Crippen LogP contribution in [0, 0.1) is 0 Å². The molecule has 118 valence electrons. The van der Waals surface area contributed by atoms with Gasteiger partial charge in [0, 0.05) is 30.0 Å². The Morgan fingerprint density at radius 2 is 1.87 bits per heavy atom. The van der Waals surface area contributed by atoms with Gasteiger partial charge in [0.1, 0.15) is 0 Å². The normalized spacial score (nSPS) is 10.7. The molecule has 0 aliphatic rings. The van der Waals surface area contributed by atoms with Crippen molar-refractivity contribution in [1.29, 1.82) is 0 Å². The number of benzene rings is 2. The third-order valence-electron chi connectivity index (χ3n) is 3.85. The average molecular weight is 325 g/mol. The van der Waals surface area contributed by atoms with Crippen LogP contribution in [-0.2, 0) is 0 Å². The van der Waals surface area contributed by atoms with Gasteiger partial charge in [-0.1, -0.05) is 0 Å². The van der Waals surface area contributed by atoms with Crippen molar-refractivity contribution >= 4 is 38.8 Å². The Morgan fingerprint density at radius 1 is 1.13 bits per heavy atom. The predicted octanol–water partition coefficient (Wildman–Crippen LogP) is 4.39. The zero-order valence-electron chi connectivity index (χ0n) is 13.2. The van der Waals surface area contributed by atoms with Crippen molar-refractivity contribution < 1.29 is 4.79 Å². The number of hydrogen-bond acceptors (Lipinski definition) is 4. The van der Waals surface area contributed by atoms with Crippen LogP contribution in [0.2, 0.25) is 0 Å². The van der Waals surface area contributed by atoms with E-state index in [4.69, 9.17) is 0 Å². The minimum absolute atomic E-state index is 0.101. The van der Waals surface area contributed by atoms with Crippen LogP contribution in [0.5, 0.6) is 0 Å². The number of fused-ring (bicyclic) bond motifs is 1. The number of rotatable bonds is 5. The van der Waals surface area contributed by atoms with E-state index in [-0.39, 0.29) is 5.91 Å². The first-order valence-corrected chi connectivity index (χ1v) is 8.59. The average Bonchev–Trinajstić information content (AvgIpc) is 3.05. The third kappa shape index (κ3) is 3.35. The molecular formula is C18H19N3OS. The van der Waals surface area contributed by atoms with E-state index in [0.717, 1.165) is 29.0 Å². The van der Waals surface area contributed by atoms with Crippen LogP contribution < -0.4 is 10.2 Å². The smallest absolute Gasteiger partial charge is 0.255 e. The number of carbonyl (C=O) groups excluding carboxylic acids is 1. The van der Waals surface area contributed by atoms with Crippen molar-refractivity contribution in [3.63, 3.8) is 0 Å². The van der Waals surface area contributed by atoms with Crippen LogP contribution in [-0.4, -0.2) is 24.0 Å². The quantitative estimate of drug-likeness (QED) is 0.756. The zero-order valence-corrected chi connectivity index (χ0v) is 14.1. The van der Waals surface area contributed by atoms with Crippen molar-refractivity contribution in [2.75, 3.05) is 23.3 Å². The second-order valence-electron chi connectivity index (χ2n) is 5.21. The van der Waals surface area contributed by atoms with Gasteiger partial charge in [0.05, 0.1) is 15.7 Å². The summed E-state index contributed by atoms with van der Waals surface area (Å²) in [4.78, 5) is 18.9. The van der Waals surface area contributed by atoms with Crippen LogP contribution in [0.1, 0.15) is 24.2 Å². The number of hydrogen-bond donors (Lipinski definition) is 1. The fourth-order valence-electron chi connectivity index (χ4n) is 2.54. The summed E-state index contributed by atoms with van der Waals surface area (Å²) in [6, 6.07) is 13.5. The molecule has 0 bridgehead atoms. The van der Waals surface area contributed by atoms with Gasteiger partial charge in [-0.3, -0.25) is 4.79 Å². The van der Waals surface area contributed by atoms with Gasteiger partial charge in [0.25, 0.3) is 5.91 Å². The summed E-state index contributed by atoms with van der Waals surface area (Å²) in [6.07, 6.45) is 0. The molecule has 5 heteroatoms. The van der Waals surface area contributed by atoms with E-state index in [2.05, 4.69) is 29.0 Å². The molecule has 0 atom stereocenters. The lowest BCUT2D eigenvalue weighted by atomic mass is 10.2. The monoisotopic (exact) mass is 325 g/mol. The van der Waals surface area contributed by atoms with Gasteiger partial charge in [-0.2, -0.15) is 0 Å². The molecule has 0 radical (unpaired) electrons. The van der Waals surface area contributed by atoms with Crippen LogP contribution >= 0.6 is 11.3 Å². The van der Waals surface area contributed by atoms with Gasteiger partial charge in [-0.05, 0) is 56.3 Å².